The van der Waals surface area contributed by atoms with Crippen LogP contribution in [0.1, 0.15) is 12.8 Å². The number of pyridine rings is 1. The van der Waals surface area contributed by atoms with Gasteiger partial charge in [0, 0.05) is 47.2 Å². The minimum Gasteiger partial charge on any atom is -0.366 e. The zero-order chi connectivity index (χ0) is 17.8. The summed E-state index contributed by atoms with van der Waals surface area (Å²) < 4.78 is 0. The fourth-order valence-electron chi connectivity index (χ4n) is 3.10. The molecule has 26 heavy (non-hydrogen) atoms. The summed E-state index contributed by atoms with van der Waals surface area (Å²) >= 11 is 6.03. The molecule has 1 aliphatic rings. The molecule has 4 rings (SSSR count). The maximum Gasteiger partial charge on any atom is 0.163 e. The van der Waals surface area contributed by atoms with Crippen LogP contribution in [0.2, 0.25) is 5.02 Å². The minimum atomic E-state index is 0.374. The van der Waals surface area contributed by atoms with Gasteiger partial charge in [0.1, 0.15) is 5.82 Å². The number of nitrogens with zero attached hydrogens (tertiary/aromatic N) is 3. The van der Waals surface area contributed by atoms with Crippen LogP contribution in [-0.4, -0.2) is 34.1 Å². The Balaban J connectivity index is 1.72. The molecule has 3 heterocycles. The van der Waals surface area contributed by atoms with Crippen molar-refractivity contribution in [3.63, 3.8) is 0 Å². The first-order valence-corrected chi connectivity index (χ1v) is 9.18. The Morgan fingerprint density at radius 1 is 1.08 bits per heavy atom. The third-order valence-electron chi connectivity index (χ3n) is 4.43. The molecular formula is C20H20ClN5. The molecule has 1 aliphatic heterocycles. The van der Waals surface area contributed by atoms with Gasteiger partial charge in [-0.15, -0.1) is 0 Å². The van der Waals surface area contributed by atoms with E-state index >= 15 is 0 Å². The maximum absolute atomic E-state index is 6.03. The fraction of sp³-hybridized carbons (Fsp3) is 0.250. The summed E-state index contributed by atoms with van der Waals surface area (Å²) in [6, 6.07) is 13.9. The molecule has 1 unspecified atom stereocenters. The van der Waals surface area contributed by atoms with Crippen molar-refractivity contribution in [2.24, 2.45) is 0 Å². The molecule has 2 aromatic heterocycles. The summed E-state index contributed by atoms with van der Waals surface area (Å²) in [7, 11) is 0. The fourth-order valence-corrected chi connectivity index (χ4v) is 3.22. The first kappa shape index (κ1) is 16.9. The molecule has 0 bridgehead atoms. The number of nitrogens with one attached hydrogen (secondary N) is 2. The highest BCUT2D eigenvalue weighted by Crippen LogP contribution is 2.26. The third-order valence-corrected chi connectivity index (χ3v) is 4.69. The van der Waals surface area contributed by atoms with Gasteiger partial charge in [-0.3, -0.25) is 4.98 Å². The second kappa shape index (κ2) is 7.81. The number of halogens is 1. The van der Waals surface area contributed by atoms with Crippen LogP contribution in [0.5, 0.6) is 0 Å². The molecule has 3 aromatic rings. The van der Waals surface area contributed by atoms with Crippen molar-refractivity contribution in [1.82, 2.24) is 20.3 Å². The number of anilines is 1. The van der Waals surface area contributed by atoms with E-state index in [1.807, 2.05) is 42.5 Å². The largest absolute Gasteiger partial charge is 0.366 e. The molecule has 1 aromatic carbocycles. The molecular weight excluding hydrogens is 346 g/mol. The highest BCUT2D eigenvalue weighted by Gasteiger charge is 2.15. The van der Waals surface area contributed by atoms with E-state index in [0.717, 1.165) is 42.1 Å². The quantitative estimate of drug-likeness (QED) is 0.731. The van der Waals surface area contributed by atoms with E-state index in [0.29, 0.717) is 16.9 Å². The molecule has 2 N–H and O–H groups in total. The zero-order valence-corrected chi connectivity index (χ0v) is 15.1. The first-order chi connectivity index (χ1) is 12.8. The second-order valence-corrected chi connectivity index (χ2v) is 6.83. The predicted molar refractivity (Wildman–Crippen MR) is 105 cm³/mol. The summed E-state index contributed by atoms with van der Waals surface area (Å²) in [5, 5.41) is 7.69. The van der Waals surface area contributed by atoms with Crippen molar-refractivity contribution >= 4 is 17.4 Å². The maximum atomic E-state index is 6.03. The molecule has 1 fully saturated rings. The summed E-state index contributed by atoms with van der Waals surface area (Å²) in [6.45, 7) is 2.03. The Kier molecular flexibility index (Phi) is 5.09. The summed E-state index contributed by atoms with van der Waals surface area (Å²) in [6.07, 6.45) is 5.84. The van der Waals surface area contributed by atoms with Crippen molar-refractivity contribution in [1.29, 1.82) is 0 Å². The third kappa shape index (κ3) is 4.00. The van der Waals surface area contributed by atoms with Crippen LogP contribution in [0.4, 0.5) is 5.82 Å². The Labute approximate surface area is 157 Å². The van der Waals surface area contributed by atoms with Crippen LogP contribution >= 0.6 is 11.6 Å². The van der Waals surface area contributed by atoms with Gasteiger partial charge in [0.15, 0.2) is 5.82 Å². The molecule has 0 radical (unpaired) electrons. The molecule has 1 saturated heterocycles. The standard InChI is InChI=1S/C20H20ClN5/c21-16-7-5-14(6-8-16)18-11-19(24-17-4-2-10-23-13-17)26-20(25-18)15-3-1-9-22-12-15/h1,3,5-9,11-12,17,23H,2,4,10,13H2,(H,24,25,26). The lowest BCUT2D eigenvalue weighted by molar-refractivity contribution is 0.479. The topological polar surface area (TPSA) is 62.7 Å². The van der Waals surface area contributed by atoms with Gasteiger partial charge < -0.3 is 10.6 Å². The van der Waals surface area contributed by atoms with Crippen molar-refractivity contribution < 1.29 is 0 Å². The van der Waals surface area contributed by atoms with Gasteiger partial charge in [-0.1, -0.05) is 23.7 Å². The highest BCUT2D eigenvalue weighted by atomic mass is 35.5. The normalized spacial score (nSPS) is 17.0. The number of benzene rings is 1. The monoisotopic (exact) mass is 365 g/mol. The number of hydrogen-bond donors (Lipinski definition) is 2. The number of hydrogen-bond acceptors (Lipinski definition) is 5. The average molecular weight is 366 g/mol. The Morgan fingerprint density at radius 3 is 2.69 bits per heavy atom. The van der Waals surface area contributed by atoms with E-state index in [1.54, 1.807) is 12.4 Å². The van der Waals surface area contributed by atoms with Crippen LogP contribution in [0.15, 0.2) is 54.9 Å². The Bertz CT molecular complexity index is 861. The summed E-state index contributed by atoms with van der Waals surface area (Å²) in [5.74, 6) is 1.49. The van der Waals surface area contributed by atoms with Crippen molar-refractivity contribution in [2.75, 3.05) is 18.4 Å². The smallest absolute Gasteiger partial charge is 0.163 e. The van der Waals surface area contributed by atoms with Gasteiger partial charge >= 0.3 is 0 Å². The molecule has 0 saturated carbocycles. The zero-order valence-electron chi connectivity index (χ0n) is 14.3. The molecule has 0 aliphatic carbocycles. The number of rotatable bonds is 4. The van der Waals surface area contributed by atoms with E-state index in [9.17, 15) is 0 Å². The summed E-state index contributed by atoms with van der Waals surface area (Å²) in [5.41, 5.74) is 2.77. The summed E-state index contributed by atoms with van der Waals surface area (Å²) in [4.78, 5) is 13.7. The van der Waals surface area contributed by atoms with Crippen LogP contribution in [-0.2, 0) is 0 Å². The van der Waals surface area contributed by atoms with E-state index in [4.69, 9.17) is 21.6 Å². The van der Waals surface area contributed by atoms with E-state index in [-0.39, 0.29) is 0 Å². The number of piperidine rings is 1. The molecule has 6 heteroatoms. The van der Waals surface area contributed by atoms with Gasteiger partial charge in [0.2, 0.25) is 0 Å². The Morgan fingerprint density at radius 2 is 1.96 bits per heavy atom. The first-order valence-electron chi connectivity index (χ1n) is 8.80. The van der Waals surface area contributed by atoms with Gasteiger partial charge in [-0.25, -0.2) is 9.97 Å². The van der Waals surface area contributed by atoms with Crippen LogP contribution < -0.4 is 10.6 Å². The average Bonchev–Trinajstić information content (AvgIpc) is 2.70. The van der Waals surface area contributed by atoms with Gasteiger partial charge in [-0.2, -0.15) is 0 Å². The van der Waals surface area contributed by atoms with E-state index in [1.165, 1.54) is 6.42 Å². The van der Waals surface area contributed by atoms with Crippen LogP contribution in [0, 0.1) is 0 Å². The predicted octanol–water partition coefficient (Wildman–Crippen LogP) is 4.02. The van der Waals surface area contributed by atoms with Gasteiger partial charge in [0.05, 0.1) is 5.69 Å². The van der Waals surface area contributed by atoms with Gasteiger partial charge in [0.25, 0.3) is 0 Å². The van der Waals surface area contributed by atoms with Crippen molar-refractivity contribution in [2.45, 2.75) is 18.9 Å². The SMILES string of the molecule is Clc1ccc(-c2cc(NC3CCCNC3)nc(-c3cccnc3)n2)cc1. The second-order valence-electron chi connectivity index (χ2n) is 6.40. The van der Waals surface area contributed by atoms with E-state index in [2.05, 4.69) is 15.6 Å². The lowest BCUT2D eigenvalue weighted by atomic mass is 10.1. The van der Waals surface area contributed by atoms with E-state index < -0.39 is 0 Å². The highest BCUT2D eigenvalue weighted by molar-refractivity contribution is 6.30. The lowest BCUT2D eigenvalue weighted by Crippen LogP contribution is -2.38. The minimum absolute atomic E-state index is 0.374. The molecule has 1 atom stereocenters. The molecule has 0 spiro atoms. The molecule has 0 amide bonds. The molecule has 5 nitrogen and oxygen atoms in total. The van der Waals surface area contributed by atoms with Crippen LogP contribution in [0.25, 0.3) is 22.6 Å². The van der Waals surface area contributed by atoms with Crippen molar-refractivity contribution in [3.8, 4) is 22.6 Å². The van der Waals surface area contributed by atoms with Crippen molar-refractivity contribution in [3.05, 3.63) is 59.9 Å². The Hall–Kier alpha value is -2.50. The molecule has 132 valence electrons. The number of aromatic nitrogens is 3. The van der Waals surface area contributed by atoms with Gasteiger partial charge in [-0.05, 0) is 43.7 Å². The lowest BCUT2D eigenvalue weighted by Gasteiger charge is -2.24. The van der Waals surface area contributed by atoms with Crippen LogP contribution in [0.3, 0.4) is 0 Å².